The van der Waals surface area contributed by atoms with Crippen molar-refractivity contribution in [2.45, 2.75) is 31.7 Å². The lowest BCUT2D eigenvalue weighted by Gasteiger charge is -2.29. The fourth-order valence-corrected chi connectivity index (χ4v) is 3.59. The lowest BCUT2D eigenvalue weighted by Crippen LogP contribution is -2.48. The van der Waals surface area contributed by atoms with Crippen molar-refractivity contribution in [2.24, 2.45) is 0 Å². The number of rotatable bonds is 5. The number of amides is 2. The van der Waals surface area contributed by atoms with Crippen molar-refractivity contribution in [1.29, 1.82) is 0 Å². The van der Waals surface area contributed by atoms with E-state index in [9.17, 15) is 9.59 Å². The van der Waals surface area contributed by atoms with Gasteiger partial charge in [0.25, 0.3) is 5.91 Å². The lowest BCUT2D eigenvalue weighted by atomic mass is 10.1. The molecular weight excluding hydrogens is 322 g/mol. The van der Waals surface area contributed by atoms with Crippen LogP contribution in [0.3, 0.4) is 0 Å². The fourth-order valence-electron chi connectivity index (χ4n) is 2.82. The van der Waals surface area contributed by atoms with Crippen molar-refractivity contribution >= 4 is 23.2 Å². The van der Waals surface area contributed by atoms with E-state index in [0.717, 1.165) is 17.8 Å². The molecule has 126 valence electrons. The van der Waals surface area contributed by atoms with Crippen LogP contribution in [0.5, 0.6) is 0 Å². The standard InChI is InChI=1S/C18H21N3O2S/c1-21-11-14(8-10-17(21)22)19-18(23)15-12-24-16(20-15)9-7-13-5-3-2-4-6-13/h2-6,12,14H,7-11H2,1H3,(H,19,23)/t14-/m0/s1. The third kappa shape index (κ3) is 4.20. The van der Waals surface area contributed by atoms with E-state index in [-0.39, 0.29) is 17.9 Å². The first-order chi connectivity index (χ1) is 11.6. The molecule has 2 heterocycles. The Morgan fingerprint density at radius 1 is 1.33 bits per heavy atom. The van der Waals surface area contributed by atoms with Gasteiger partial charge in [0.05, 0.1) is 5.01 Å². The molecule has 1 atom stereocenters. The zero-order valence-corrected chi connectivity index (χ0v) is 14.5. The molecule has 3 rings (SSSR count). The second-order valence-electron chi connectivity index (χ2n) is 6.10. The maximum absolute atomic E-state index is 12.3. The number of hydrogen-bond donors (Lipinski definition) is 1. The van der Waals surface area contributed by atoms with Crippen molar-refractivity contribution in [3.63, 3.8) is 0 Å². The Morgan fingerprint density at radius 2 is 2.12 bits per heavy atom. The molecule has 0 aliphatic carbocycles. The number of nitrogens with zero attached hydrogens (tertiary/aromatic N) is 2. The Hall–Kier alpha value is -2.21. The summed E-state index contributed by atoms with van der Waals surface area (Å²) < 4.78 is 0. The molecule has 1 aromatic carbocycles. The summed E-state index contributed by atoms with van der Waals surface area (Å²) in [5.41, 5.74) is 1.75. The first kappa shape index (κ1) is 16.6. The second-order valence-corrected chi connectivity index (χ2v) is 7.04. The van der Waals surface area contributed by atoms with Crippen LogP contribution in [0.2, 0.25) is 0 Å². The van der Waals surface area contributed by atoms with E-state index in [2.05, 4.69) is 22.4 Å². The molecule has 0 radical (unpaired) electrons. The van der Waals surface area contributed by atoms with Gasteiger partial charge in [-0.15, -0.1) is 11.3 Å². The summed E-state index contributed by atoms with van der Waals surface area (Å²) in [5.74, 6) is -0.0117. The van der Waals surface area contributed by atoms with Crippen LogP contribution in [0.1, 0.15) is 33.9 Å². The zero-order chi connectivity index (χ0) is 16.9. The summed E-state index contributed by atoms with van der Waals surface area (Å²) in [6.45, 7) is 0.565. The van der Waals surface area contributed by atoms with Crippen molar-refractivity contribution in [2.75, 3.05) is 13.6 Å². The Kier molecular flexibility index (Phi) is 5.25. The number of nitrogens with one attached hydrogen (secondary N) is 1. The molecule has 1 fully saturated rings. The highest BCUT2D eigenvalue weighted by Crippen LogP contribution is 2.15. The zero-order valence-electron chi connectivity index (χ0n) is 13.7. The highest BCUT2D eigenvalue weighted by atomic mass is 32.1. The number of benzene rings is 1. The van der Waals surface area contributed by atoms with Gasteiger partial charge in [0, 0.05) is 37.9 Å². The van der Waals surface area contributed by atoms with Gasteiger partial charge in [-0.3, -0.25) is 9.59 Å². The number of aromatic nitrogens is 1. The molecule has 0 saturated carbocycles. The quantitative estimate of drug-likeness (QED) is 0.906. The number of hydrogen-bond acceptors (Lipinski definition) is 4. The molecule has 5 nitrogen and oxygen atoms in total. The molecular formula is C18H21N3O2S. The molecule has 0 bridgehead atoms. The average Bonchev–Trinajstić information content (AvgIpc) is 3.06. The fraction of sp³-hybridized carbons (Fsp3) is 0.389. The number of carbonyl (C=O) groups is 2. The minimum absolute atomic E-state index is 0.00895. The number of piperidine rings is 1. The van der Waals surface area contributed by atoms with Crippen molar-refractivity contribution in [3.8, 4) is 0 Å². The van der Waals surface area contributed by atoms with Crippen molar-refractivity contribution < 1.29 is 9.59 Å². The number of aryl methyl sites for hydroxylation is 2. The highest BCUT2D eigenvalue weighted by Gasteiger charge is 2.25. The van der Waals surface area contributed by atoms with E-state index in [1.54, 1.807) is 11.9 Å². The maximum Gasteiger partial charge on any atom is 0.271 e. The van der Waals surface area contributed by atoms with Crippen LogP contribution in [0.15, 0.2) is 35.7 Å². The molecule has 0 unspecified atom stereocenters. The van der Waals surface area contributed by atoms with Crippen molar-refractivity contribution in [1.82, 2.24) is 15.2 Å². The van der Waals surface area contributed by atoms with Crippen LogP contribution >= 0.6 is 11.3 Å². The van der Waals surface area contributed by atoms with Gasteiger partial charge in [0.15, 0.2) is 0 Å². The van der Waals surface area contributed by atoms with Gasteiger partial charge in [0.2, 0.25) is 5.91 Å². The summed E-state index contributed by atoms with van der Waals surface area (Å²) in [7, 11) is 1.77. The van der Waals surface area contributed by atoms with Crippen LogP contribution in [0.4, 0.5) is 0 Å². The molecule has 0 spiro atoms. The smallest absolute Gasteiger partial charge is 0.271 e. The first-order valence-corrected chi connectivity index (χ1v) is 9.03. The molecule has 6 heteroatoms. The van der Waals surface area contributed by atoms with Gasteiger partial charge in [-0.25, -0.2) is 4.98 Å². The molecule has 2 amide bonds. The first-order valence-electron chi connectivity index (χ1n) is 8.15. The van der Waals surface area contributed by atoms with E-state index in [1.807, 2.05) is 23.6 Å². The Labute approximate surface area is 145 Å². The summed E-state index contributed by atoms with van der Waals surface area (Å²) in [6.07, 6.45) is 2.94. The molecule has 2 aromatic rings. The van der Waals surface area contributed by atoms with Crippen LogP contribution in [-0.4, -0.2) is 41.3 Å². The van der Waals surface area contributed by atoms with E-state index in [4.69, 9.17) is 0 Å². The van der Waals surface area contributed by atoms with Crippen LogP contribution < -0.4 is 5.32 Å². The van der Waals surface area contributed by atoms with Crippen LogP contribution in [0.25, 0.3) is 0 Å². The second kappa shape index (κ2) is 7.57. The number of likely N-dealkylation sites (tertiary alicyclic amines) is 1. The number of carbonyl (C=O) groups excluding carboxylic acids is 2. The third-order valence-electron chi connectivity index (χ3n) is 4.22. The molecule has 1 aliphatic heterocycles. The molecule has 1 N–H and O–H groups in total. The van der Waals surface area contributed by atoms with Gasteiger partial charge in [-0.2, -0.15) is 0 Å². The van der Waals surface area contributed by atoms with E-state index >= 15 is 0 Å². The molecule has 1 aromatic heterocycles. The molecule has 24 heavy (non-hydrogen) atoms. The molecule has 1 aliphatic rings. The Bertz CT molecular complexity index is 714. The predicted octanol–water partition coefficient (Wildman–Crippen LogP) is 2.28. The monoisotopic (exact) mass is 343 g/mol. The minimum atomic E-state index is -0.148. The minimum Gasteiger partial charge on any atom is -0.346 e. The van der Waals surface area contributed by atoms with Gasteiger partial charge in [-0.1, -0.05) is 30.3 Å². The lowest BCUT2D eigenvalue weighted by molar-refractivity contribution is -0.132. The highest BCUT2D eigenvalue weighted by molar-refractivity contribution is 7.09. The van der Waals surface area contributed by atoms with Gasteiger partial charge < -0.3 is 10.2 Å². The van der Waals surface area contributed by atoms with Gasteiger partial charge in [0.1, 0.15) is 5.69 Å². The third-order valence-corrected chi connectivity index (χ3v) is 5.13. The van der Waals surface area contributed by atoms with E-state index < -0.39 is 0 Å². The maximum atomic E-state index is 12.3. The predicted molar refractivity (Wildman–Crippen MR) is 94.1 cm³/mol. The summed E-state index contributed by atoms with van der Waals surface area (Å²) >= 11 is 1.52. The number of likely N-dealkylation sites (N-methyl/N-ethyl adjacent to an activating group) is 1. The van der Waals surface area contributed by atoms with Gasteiger partial charge in [-0.05, 0) is 18.4 Å². The number of thiazole rings is 1. The summed E-state index contributed by atoms with van der Waals surface area (Å²) in [5, 5.41) is 5.77. The van der Waals surface area contributed by atoms with Crippen LogP contribution in [0, 0.1) is 0 Å². The Morgan fingerprint density at radius 3 is 2.88 bits per heavy atom. The van der Waals surface area contributed by atoms with Crippen molar-refractivity contribution in [3.05, 3.63) is 52.0 Å². The van der Waals surface area contributed by atoms with Gasteiger partial charge >= 0.3 is 0 Å². The normalized spacial score (nSPS) is 17.8. The summed E-state index contributed by atoms with van der Waals surface area (Å²) in [4.78, 5) is 29.9. The van der Waals surface area contributed by atoms with E-state index in [1.165, 1.54) is 16.9 Å². The average molecular weight is 343 g/mol. The van der Waals surface area contributed by atoms with Crippen LogP contribution in [-0.2, 0) is 17.6 Å². The Balaban J connectivity index is 1.53. The largest absolute Gasteiger partial charge is 0.346 e. The summed E-state index contributed by atoms with van der Waals surface area (Å²) in [6, 6.07) is 10.3. The SMILES string of the molecule is CN1C[C@@H](NC(=O)c2csc(CCc3ccccc3)n2)CCC1=O. The topological polar surface area (TPSA) is 62.3 Å². The van der Waals surface area contributed by atoms with E-state index in [0.29, 0.717) is 25.1 Å². The molecule has 1 saturated heterocycles.